The Balaban J connectivity index is -0.000000621. The van der Waals surface area contributed by atoms with Gasteiger partial charge in [-0.3, -0.25) is 9.69 Å². The van der Waals surface area contributed by atoms with Gasteiger partial charge >= 0.3 is 34.1 Å². The fourth-order valence-electron chi connectivity index (χ4n) is 8.21. The van der Waals surface area contributed by atoms with Crippen LogP contribution in [0.15, 0.2) is 0 Å². The average Bonchev–Trinajstić information content (AvgIpc) is 3.89. The molecule has 0 bridgehead atoms. The summed E-state index contributed by atoms with van der Waals surface area (Å²) in [6, 6.07) is 0.785. The molecule has 0 aromatic rings. The first-order valence-electron chi connectivity index (χ1n) is 20.2. The van der Waals surface area contributed by atoms with Gasteiger partial charge in [-0.15, -0.1) is 0 Å². The minimum Gasteiger partial charge on any atom is -0.358 e. The Morgan fingerprint density at radius 1 is 0.615 bits per heavy atom. The van der Waals surface area contributed by atoms with Gasteiger partial charge in [-0.25, -0.2) is 4.67 Å². The van der Waals surface area contributed by atoms with Crippen LogP contribution in [0.25, 0.3) is 0 Å². The molecule has 5 fully saturated rings. The number of carbonyl (C=O) groups excluding carboxylic acids is 1. The number of carbonyl (C=O) groups is 1. The van der Waals surface area contributed by atoms with E-state index >= 15 is 0 Å². The molecule has 52 heavy (non-hydrogen) atoms. The molecular weight excluding hydrogens is 749 g/mol. The fraction of sp³-hybridized carbons (Fsp3) is 0.884. The van der Waals surface area contributed by atoms with Crippen molar-refractivity contribution < 1.29 is 48.0 Å². The van der Waals surface area contributed by atoms with Crippen LogP contribution >= 0.6 is 8.53 Å². The van der Waals surface area contributed by atoms with Crippen LogP contribution in [0.2, 0.25) is 0 Å². The summed E-state index contributed by atoms with van der Waals surface area (Å²) in [4.78, 5) is 18.0. The molecule has 5 rings (SSSR count). The molecule has 0 N–H and O–H groups in total. The van der Waals surface area contributed by atoms with Gasteiger partial charge in [0.1, 0.15) is 0 Å². The second kappa shape index (κ2) is 36.1. The zero-order valence-electron chi connectivity index (χ0n) is 35.9. The molecule has 1 unspecified atom stereocenters. The van der Waals surface area contributed by atoms with E-state index < -0.39 is 8.53 Å². The van der Waals surface area contributed by atoms with Gasteiger partial charge in [-0.1, -0.05) is 96.8 Å². The van der Waals surface area contributed by atoms with Gasteiger partial charge in [0, 0.05) is 38.3 Å². The Bertz CT molecular complexity index is 718. The molecular formula is C43H88Fe2N3O3P. The number of piperidine rings is 1. The molecule has 1 heterocycles. The summed E-state index contributed by atoms with van der Waals surface area (Å²) >= 11 is 0. The topological polar surface area (TPSA) is 45.3 Å². The normalized spacial score (nSPS) is 19.6. The van der Waals surface area contributed by atoms with E-state index in [0.29, 0.717) is 30.5 Å². The van der Waals surface area contributed by atoms with Gasteiger partial charge in [0.05, 0.1) is 19.8 Å². The molecule has 4 saturated carbocycles. The van der Waals surface area contributed by atoms with Crippen molar-refractivity contribution in [1.82, 2.24) is 14.5 Å². The van der Waals surface area contributed by atoms with Crippen molar-refractivity contribution >= 4 is 14.4 Å². The molecule has 1 aliphatic heterocycles. The van der Waals surface area contributed by atoms with Gasteiger partial charge in [0.2, 0.25) is 5.91 Å². The van der Waals surface area contributed by atoms with Crippen LogP contribution in [-0.4, -0.2) is 78.4 Å². The molecule has 1 amide bonds. The smallest absolute Gasteiger partial charge is 0.358 e. The van der Waals surface area contributed by atoms with Gasteiger partial charge in [-0.05, 0) is 90.4 Å². The van der Waals surface area contributed by atoms with Crippen molar-refractivity contribution in [3.8, 4) is 0 Å². The predicted molar refractivity (Wildman–Crippen MR) is 223 cm³/mol. The van der Waals surface area contributed by atoms with E-state index in [9.17, 15) is 4.79 Å². The second-order valence-electron chi connectivity index (χ2n) is 15.8. The maximum absolute atomic E-state index is 13.3. The number of hydrogen-bond donors (Lipinski definition) is 0. The summed E-state index contributed by atoms with van der Waals surface area (Å²) in [7, 11) is -1.04. The van der Waals surface area contributed by atoms with Crippen molar-refractivity contribution in [1.29, 1.82) is 0 Å². The minimum absolute atomic E-state index is 0. The maximum Gasteiger partial charge on any atom is 2.00 e. The van der Waals surface area contributed by atoms with E-state index in [1.165, 1.54) is 116 Å². The molecule has 0 radical (unpaired) electrons. The molecule has 314 valence electrons. The molecule has 9 heteroatoms. The Morgan fingerprint density at radius 2 is 1.00 bits per heavy atom. The third-order valence-electron chi connectivity index (χ3n) is 10.9. The molecule has 1 saturated heterocycles. The third kappa shape index (κ3) is 24.4. The summed E-state index contributed by atoms with van der Waals surface area (Å²) < 4.78 is 15.0. The molecule has 4 aliphatic carbocycles. The van der Waals surface area contributed by atoms with Crippen LogP contribution in [0.4, 0.5) is 0 Å². The summed E-state index contributed by atoms with van der Waals surface area (Å²) in [6.45, 7) is 17.2. The molecule has 0 aromatic carbocycles. The zero-order chi connectivity index (χ0) is 33.0. The maximum atomic E-state index is 13.3. The number of amides is 1. The van der Waals surface area contributed by atoms with Gasteiger partial charge in [0.15, 0.2) is 0 Å². The Kier molecular flexibility index (Phi) is 41.3. The first kappa shape index (κ1) is 59.5. The van der Waals surface area contributed by atoms with Crippen molar-refractivity contribution in [2.75, 3.05) is 45.9 Å². The fourth-order valence-corrected chi connectivity index (χ4v) is 9.98. The summed E-state index contributed by atoms with van der Waals surface area (Å²) in [5.41, 5.74) is 0. The number of rotatable bonds is 15. The molecule has 1 atom stereocenters. The van der Waals surface area contributed by atoms with Crippen molar-refractivity contribution in [2.45, 2.75) is 182 Å². The van der Waals surface area contributed by atoms with Gasteiger partial charge < -0.3 is 43.7 Å². The van der Waals surface area contributed by atoms with Gasteiger partial charge in [-0.2, -0.15) is 0 Å². The molecule has 5 aliphatic rings. The van der Waals surface area contributed by atoms with Crippen molar-refractivity contribution in [3.05, 3.63) is 29.7 Å². The number of nitrogens with zero attached hydrogens (tertiary/aromatic N) is 3. The number of likely N-dealkylation sites (tertiary alicyclic amines) is 1. The van der Waals surface area contributed by atoms with Crippen LogP contribution in [0.3, 0.4) is 0 Å². The van der Waals surface area contributed by atoms with Crippen LogP contribution in [-0.2, 0) is 48.0 Å². The summed E-state index contributed by atoms with van der Waals surface area (Å²) in [5, 5.41) is 0. The predicted octanol–water partition coefficient (Wildman–Crippen LogP) is 12.4. The monoisotopic (exact) mass is 838 g/mol. The SMILES string of the molecule is C1CCCC1.C1CCCC1.CCCOP(OCC1CCN(C(=O)CN(CC2CCCC2)CC2CCCC2)CC1)N(C(C)C)C(C)C.[CH3-].[CH3-].[CH3-].[CH3-].[Fe+2].[Fe+2]. The Labute approximate surface area is 350 Å². The van der Waals surface area contributed by atoms with Crippen LogP contribution in [0.5, 0.6) is 0 Å². The van der Waals surface area contributed by atoms with E-state index in [4.69, 9.17) is 9.05 Å². The van der Waals surface area contributed by atoms with E-state index in [-0.39, 0.29) is 63.8 Å². The molecule has 0 spiro atoms. The average molecular weight is 838 g/mol. The van der Waals surface area contributed by atoms with E-state index in [2.05, 4.69) is 49.1 Å². The second-order valence-corrected chi connectivity index (χ2v) is 17.2. The van der Waals surface area contributed by atoms with E-state index in [0.717, 1.165) is 70.5 Å². The minimum atomic E-state index is -1.04. The largest absolute Gasteiger partial charge is 2.00 e. The van der Waals surface area contributed by atoms with Crippen LogP contribution < -0.4 is 0 Å². The third-order valence-corrected chi connectivity index (χ3v) is 13.0. The first-order valence-corrected chi connectivity index (χ1v) is 21.3. The summed E-state index contributed by atoms with van der Waals surface area (Å²) in [6.07, 6.45) is 29.0. The van der Waals surface area contributed by atoms with Crippen LogP contribution in [0, 0.1) is 47.5 Å². The quantitative estimate of drug-likeness (QED) is 0.0934. The Hall–Kier alpha value is 0.779. The first-order chi connectivity index (χ1) is 22.4. The van der Waals surface area contributed by atoms with E-state index in [1.54, 1.807) is 0 Å². The van der Waals surface area contributed by atoms with Crippen molar-refractivity contribution in [2.24, 2.45) is 17.8 Å². The number of hydrogen-bond acceptors (Lipinski definition) is 5. The molecule has 6 nitrogen and oxygen atoms in total. The van der Waals surface area contributed by atoms with Crippen LogP contribution in [0.1, 0.15) is 169 Å². The molecule has 0 aromatic heterocycles. The van der Waals surface area contributed by atoms with E-state index in [1.807, 2.05) is 0 Å². The summed E-state index contributed by atoms with van der Waals surface area (Å²) in [5.74, 6) is 2.48. The standard InChI is InChI=1S/C29H56N3O3P.2C5H10.4CH3.2Fe/c1-6-19-34-36(32(24(2)3)25(4)5)35-23-28-15-17-31(18-16-28)29(33)22-30(20-26-11-7-8-12-26)21-27-13-9-10-14-27;2*1-2-4-5-3-1;;;;;;/h24-28H,6-23H2,1-5H3;2*1-5H2;4*1H3;;/q;;;4*-1;2*+2. The Morgan fingerprint density at radius 3 is 1.35 bits per heavy atom. The van der Waals surface area contributed by atoms with Crippen molar-refractivity contribution in [3.63, 3.8) is 0 Å². The zero-order valence-corrected chi connectivity index (χ0v) is 39.0. The van der Waals surface area contributed by atoms with Gasteiger partial charge in [0.25, 0.3) is 8.53 Å².